The summed E-state index contributed by atoms with van der Waals surface area (Å²) in [5, 5.41) is 2.20. The maximum Gasteiger partial charge on any atom is 0.335 e. The molecule has 0 unspecified atom stereocenters. The van der Waals surface area contributed by atoms with Gasteiger partial charge in [0.15, 0.2) is 0 Å². The molecule has 140 valence electrons. The van der Waals surface area contributed by atoms with Crippen LogP contribution in [0.15, 0.2) is 52.5 Å². The summed E-state index contributed by atoms with van der Waals surface area (Å²) in [5.74, 6) is 1.47. The molecule has 6 nitrogen and oxygen atoms in total. The summed E-state index contributed by atoms with van der Waals surface area (Å²) in [5.41, 5.74) is 1.80. The van der Waals surface area contributed by atoms with Crippen molar-refractivity contribution in [2.24, 2.45) is 0 Å². The average molecular weight is 439 g/mol. The highest BCUT2D eigenvalue weighted by molar-refractivity contribution is 9.10. The van der Waals surface area contributed by atoms with Crippen LogP contribution in [0, 0.1) is 19.3 Å². The van der Waals surface area contributed by atoms with Crippen molar-refractivity contribution in [2.75, 3.05) is 11.5 Å². The number of carbonyl (C=O) groups is 3. The van der Waals surface area contributed by atoms with Crippen molar-refractivity contribution in [2.45, 2.75) is 6.92 Å². The molecule has 2 aromatic rings. The van der Waals surface area contributed by atoms with Crippen molar-refractivity contribution < 1.29 is 19.1 Å². The van der Waals surface area contributed by atoms with Crippen molar-refractivity contribution in [1.29, 1.82) is 0 Å². The number of imide groups is 2. The number of barbiturate groups is 1. The average Bonchev–Trinajstić information content (AvgIpc) is 2.66. The molecule has 7 heteroatoms. The van der Waals surface area contributed by atoms with E-state index in [1.807, 2.05) is 6.92 Å². The van der Waals surface area contributed by atoms with Gasteiger partial charge in [0.1, 0.15) is 17.9 Å². The molecular formula is C21H15BrN2O4. The van der Waals surface area contributed by atoms with Crippen LogP contribution in [-0.2, 0) is 9.59 Å². The Hall–Kier alpha value is -3.37. The van der Waals surface area contributed by atoms with E-state index in [2.05, 4.69) is 27.2 Å². The maximum absolute atomic E-state index is 12.8. The lowest BCUT2D eigenvalue weighted by Crippen LogP contribution is -2.54. The van der Waals surface area contributed by atoms with Gasteiger partial charge in [-0.3, -0.25) is 14.9 Å². The molecule has 1 aliphatic heterocycles. The van der Waals surface area contributed by atoms with Crippen LogP contribution in [0.3, 0.4) is 0 Å². The molecule has 1 aliphatic rings. The van der Waals surface area contributed by atoms with Gasteiger partial charge in [-0.15, -0.1) is 6.42 Å². The Bertz CT molecular complexity index is 1040. The standard InChI is InChI=1S/C21H15BrN2O4/c1-3-10-28-18-9-6-14(12-17(18)22)11-16-19(25)23-21(27)24(20(16)26)15-7-4-13(2)5-8-15/h1,4-9,11-12H,10H2,2H3,(H,23,25,27)/b16-11-. The van der Waals surface area contributed by atoms with Crippen molar-refractivity contribution in [3.05, 3.63) is 63.6 Å². The van der Waals surface area contributed by atoms with Crippen molar-refractivity contribution in [3.8, 4) is 18.1 Å². The van der Waals surface area contributed by atoms with Crippen LogP contribution in [0.2, 0.25) is 0 Å². The van der Waals surface area contributed by atoms with Crippen LogP contribution in [0.25, 0.3) is 6.08 Å². The fourth-order valence-electron chi connectivity index (χ4n) is 2.60. The second kappa shape index (κ2) is 8.11. The molecule has 1 fully saturated rings. The second-order valence-corrected chi connectivity index (χ2v) is 6.83. The lowest BCUT2D eigenvalue weighted by atomic mass is 10.1. The van der Waals surface area contributed by atoms with Crippen LogP contribution < -0.4 is 15.0 Å². The molecule has 4 amide bonds. The number of anilines is 1. The summed E-state index contributed by atoms with van der Waals surface area (Å²) in [6.45, 7) is 2.01. The minimum absolute atomic E-state index is 0.119. The molecule has 0 atom stereocenters. The summed E-state index contributed by atoms with van der Waals surface area (Å²) in [4.78, 5) is 38.2. The number of aryl methyl sites for hydroxylation is 1. The van der Waals surface area contributed by atoms with Gasteiger partial charge in [0.2, 0.25) is 0 Å². The van der Waals surface area contributed by atoms with Gasteiger partial charge in [0.25, 0.3) is 11.8 Å². The third kappa shape index (κ3) is 3.97. The number of rotatable bonds is 4. The first-order valence-electron chi connectivity index (χ1n) is 8.24. The van der Waals surface area contributed by atoms with Gasteiger partial charge in [-0.2, -0.15) is 0 Å². The molecule has 0 aromatic heterocycles. The number of urea groups is 1. The van der Waals surface area contributed by atoms with Crippen molar-refractivity contribution in [1.82, 2.24) is 5.32 Å². The predicted molar refractivity (Wildman–Crippen MR) is 109 cm³/mol. The van der Waals surface area contributed by atoms with Crippen LogP contribution >= 0.6 is 15.9 Å². The Balaban J connectivity index is 1.94. The number of hydrogen-bond donors (Lipinski definition) is 1. The molecule has 0 saturated carbocycles. The van der Waals surface area contributed by atoms with E-state index in [9.17, 15) is 14.4 Å². The first-order chi connectivity index (χ1) is 13.4. The van der Waals surface area contributed by atoms with E-state index < -0.39 is 17.8 Å². The minimum Gasteiger partial charge on any atom is -0.480 e. The first kappa shape index (κ1) is 19.4. The van der Waals surface area contributed by atoms with Gasteiger partial charge in [-0.25, -0.2) is 9.69 Å². The number of halogens is 1. The van der Waals surface area contributed by atoms with E-state index in [0.29, 0.717) is 21.5 Å². The summed E-state index contributed by atoms with van der Waals surface area (Å²) in [7, 11) is 0. The van der Waals surface area contributed by atoms with E-state index in [1.165, 1.54) is 6.08 Å². The van der Waals surface area contributed by atoms with E-state index >= 15 is 0 Å². The number of carbonyl (C=O) groups excluding carboxylic acids is 3. The number of nitrogens with one attached hydrogen (secondary N) is 1. The Morgan fingerprint density at radius 2 is 1.89 bits per heavy atom. The first-order valence-corrected chi connectivity index (χ1v) is 9.04. The summed E-state index contributed by atoms with van der Waals surface area (Å²) >= 11 is 3.36. The van der Waals surface area contributed by atoms with Crippen molar-refractivity contribution in [3.63, 3.8) is 0 Å². The van der Waals surface area contributed by atoms with Crippen LogP contribution in [0.4, 0.5) is 10.5 Å². The normalized spacial score (nSPS) is 15.4. The quantitative estimate of drug-likeness (QED) is 0.450. The Morgan fingerprint density at radius 1 is 1.18 bits per heavy atom. The molecule has 28 heavy (non-hydrogen) atoms. The highest BCUT2D eigenvalue weighted by Crippen LogP contribution is 2.28. The summed E-state index contributed by atoms with van der Waals surface area (Å²) in [6.07, 6.45) is 6.59. The SMILES string of the molecule is C#CCOc1ccc(/C=C2/C(=O)NC(=O)N(c3ccc(C)cc3)C2=O)cc1Br. The Kier molecular flexibility index (Phi) is 5.62. The largest absolute Gasteiger partial charge is 0.480 e. The third-order valence-corrected chi connectivity index (χ3v) is 4.59. The Labute approximate surface area is 170 Å². The fraction of sp³-hybridized carbons (Fsp3) is 0.0952. The van der Waals surface area contributed by atoms with Gasteiger partial charge < -0.3 is 4.74 Å². The second-order valence-electron chi connectivity index (χ2n) is 5.98. The topological polar surface area (TPSA) is 75.7 Å². The van der Waals surface area contributed by atoms with Crippen LogP contribution in [-0.4, -0.2) is 24.5 Å². The van der Waals surface area contributed by atoms with Gasteiger partial charge in [-0.1, -0.05) is 29.7 Å². The van der Waals surface area contributed by atoms with Gasteiger partial charge >= 0.3 is 6.03 Å². The fourth-order valence-corrected chi connectivity index (χ4v) is 3.11. The Morgan fingerprint density at radius 3 is 2.54 bits per heavy atom. The number of terminal acetylenes is 1. The molecule has 0 aliphatic carbocycles. The van der Waals surface area contributed by atoms with E-state index in [1.54, 1.807) is 42.5 Å². The zero-order chi connectivity index (χ0) is 20.3. The molecule has 2 aromatic carbocycles. The van der Waals surface area contributed by atoms with Crippen molar-refractivity contribution >= 4 is 45.5 Å². The smallest absolute Gasteiger partial charge is 0.335 e. The number of hydrogen-bond acceptors (Lipinski definition) is 4. The number of amides is 4. The number of benzene rings is 2. The van der Waals surface area contributed by atoms with Gasteiger partial charge in [0.05, 0.1) is 10.2 Å². The molecule has 1 saturated heterocycles. The van der Waals surface area contributed by atoms with Crippen LogP contribution in [0.1, 0.15) is 11.1 Å². The molecular weight excluding hydrogens is 424 g/mol. The lowest BCUT2D eigenvalue weighted by molar-refractivity contribution is -0.122. The molecule has 0 bridgehead atoms. The van der Waals surface area contributed by atoms with Gasteiger partial charge in [-0.05, 0) is 58.8 Å². The highest BCUT2D eigenvalue weighted by atomic mass is 79.9. The highest BCUT2D eigenvalue weighted by Gasteiger charge is 2.36. The zero-order valence-electron chi connectivity index (χ0n) is 14.9. The summed E-state index contributed by atoms with van der Waals surface area (Å²) in [6, 6.07) is 11.1. The van der Waals surface area contributed by atoms with Crippen LogP contribution in [0.5, 0.6) is 5.75 Å². The summed E-state index contributed by atoms with van der Waals surface area (Å²) < 4.78 is 5.99. The van der Waals surface area contributed by atoms with E-state index in [4.69, 9.17) is 11.2 Å². The monoisotopic (exact) mass is 438 g/mol. The molecule has 0 spiro atoms. The van der Waals surface area contributed by atoms with Gasteiger partial charge in [0, 0.05) is 0 Å². The minimum atomic E-state index is -0.782. The lowest BCUT2D eigenvalue weighted by Gasteiger charge is -2.26. The maximum atomic E-state index is 12.8. The molecule has 0 radical (unpaired) electrons. The molecule has 1 heterocycles. The molecule has 3 rings (SSSR count). The molecule has 1 N–H and O–H groups in total. The predicted octanol–water partition coefficient (Wildman–Crippen LogP) is 3.44. The third-order valence-electron chi connectivity index (χ3n) is 3.97. The number of ether oxygens (including phenoxy) is 1. The number of nitrogens with zero attached hydrogens (tertiary/aromatic N) is 1. The van der Waals surface area contributed by atoms with E-state index in [-0.39, 0.29) is 12.2 Å². The van der Waals surface area contributed by atoms with E-state index in [0.717, 1.165) is 10.5 Å². The zero-order valence-corrected chi connectivity index (χ0v) is 16.4.